The minimum absolute atomic E-state index is 1.06. The molecule has 0 aliphatic rings. The Balaban J connectivity index is 0.000000127. The summed E-state index contributed by atoms with van der Waals surface area (Å²) in [5.74, 6) is 0. The van der Waals surface area contributed by atoms with Gasteiger partial charge in [-0.15, -0.1) is 0 Å². The van der Waals surface area contributed by atoms with Gasteiger partial charge in [0.15, 0.2) is 0 Å². The molecule has 1 N–H and O–H groups in total. The van der Waals surface area contributed by atoms with E-state index in [2.05, 4.69) is 618 Å². The van der Waals surface area contributed by atoms with Crippen molar-refractivity contribution in [3.8, 4) is 123 Å². The van der Waals surface area contributed by atoms with Crippen molar-refractivity contribution in [2.75, 3.05) is 10.2 Å². The molecule has 0 saturated heterocycles. The van der Waals surface area contributed by atoms with Gasteiger partial charge in [-0.05, 0) is 321 Å². The lowest BCUT2D eigenvalue weighted by atomic mass is 9.86. The maximum Gasteiger partial charge on any atom is 0.0541 e. The van der Waals surface area contributed by atoms with Crippen LogP contribution < -0.4 is 10.2 Å². The molecule has 0 aliphatic heterocycles. The van der Waals surface area contributed by atoms with E-state index in [-0.39, 0.29) is 0 Å². The van der Waals surface area contributed by atoms with E-state index >= 15 is 0 Å². The van der Waals surface area contributed by atoms with Crippen molar-refractivity contribution in [2.24, 2.45) is 0 Å². The summed E-state index contributed by atoms with van der Waals surface area (Å²) in [6.07, 6.45) is 0. The Bertz CT molecular complexity index is 9720. The van der Waals surface area contributed by atoms with Crippen molar-refractivity contribution < 1.29 is 0 Å². The molecule has 2 aromatic heterocycles. The van der Waals surface area contributed by atoms with E-state index < -0.39 is 0 Å². The molecule has 0 spiro atoms. The largest absolute Gasteiger partial charge is 0.356 e. The zero-order valence-electron chi connectivity index (χ0n) is 81.6. The lowest BCUT2D eigenvalue weighted by Crippen LogP contribution is -2.09. The molecule has 0 fully saturated rings. The summed E-state index contributed by atoms with van der Waals surface area (Å²) in [5, 5.41) is 23.7. The highest BCUT2D eigenvalue weighted by Gasteiger charge is 2.24. The van der Waals surface area contributed by atoms with Gasteiger partial charge >= 0.3 is 0 Å². The number of hydrogen-bond acceptors (Lipinski definition) is 2. The molecule has 0 radical (unpaired) electrons. The Hall–Kier alpha value is -19.0. The molecule has 5 heteroatoms. The van der Waals surface area contributed by atoms with Gasteiger partial charge in [-0.3, -0.25) is 0 Å². The van der Waals surface area contributed by atoms with E-state index in [1.54, 1.807) is 0 Å². The highest BCUT2D eigenvalue weighted by molar-refractivity contribution is 9.10. The molecule has 0 amide bonds. The van der Waals surface area contributed by atoms with Gasteiger partial charge < -0.3 is 19.4 Å². The topological polar surface area (TPSA) is 25.1 Å². The molecular formula is C144H97BrN4. The van der Waals surface area contributed by atoms with Gasteiger partial charge in [0.25, 0.3) is 0 Å². The molecule has 700 valence electrons. The minimum atomic E-state index is 1.06. The Morgan fingerprint density at radius 3 is 0.678 bits per heavy atom. The first-order valence-electron chi connectivity index (χ1n) is 51.0. The number of para-hydroxylation sites is 2. The lowest BCUT2D eigenvalue weighted by Gasteiger charge is -2.26. The van der Waals surface area contributed by atoms with E-state index in [1.165, 1.54) is 220 Å². The standard InChI is InChI=1S/C72H48N2.C46H32N2.C26H17Br/c1-4-17-49(18-5-1)55-37-45-69-67(47-55)68-48-56(38-46-70(68)74(69)57-23-8-3-9-24-57)50-31-39-58(40-32-50)73(59-41-33-52(34-42-59)62-30-16-22-51-19-10-11-25-61(51)62)60-43-35-54(36-44-60)72-65-28-14-12-26-63(65)71(53-20-6-2-7-21-53)64-27-13-15-29-66(64)72;1-3-10-32(11-4-1)36-22-28-45-43(30-36)44-31-37(23-29-46(44)48(45)40-14-5-2-6-15-40)33-18-24-38(25-19-33)47-39-26-20-35(21-27-39)42-17-9-13-34-12-7-8-16-41(34)42;27-20-16-14-19(15-17-20)26-23-12-6-4-10-21(23)25(18-8-2-1-3-9-18)22-11-5-7-13-24(22)26/h1-48H;1-31,47H;1-17H. The normalized spacial score (nSPS) is 11.4. The summed E-state index contributed by atoms with van der Waals surface area (Å²) in [7, 11) is 0. The van der Waals surface area contributed by atoms with E-state index in [0.717, 1.165) is 44.2 Å². The second kappa shape index (κ2) is 39.6. The maximum absolute atomic E-state index is 3.59. The predicted octanol–water partition coefficient (Wildman–Crippen LogP) is 40.8. The van der Waals surface area contributed by atoms with Crippen molar-refractivity contribution >= 4 is 153 Å². The van der Waals surface area contributed by atoms with Crippen molar-refractivity contribution in [3.05, 3.63) is 587 Å². The van der Waals surface area contributed by atoms with Gasteiger partial charge in [-0.1, -0.05) is 453 Å². The number of fused-ring (bicyclic) bond motifs is 12. The predicted molar refractivity (Wildman–Crippen MR) is 640 cm³/mol. The molecular weight excluding hydrogens is 1870 g/mol. The summed E-state index contributed by atoms with van der Waals surface area (Å²) >= 11 is 3.56. The maximum atomic E-state index is 3.59. The molecule has 0 atom stereocenters. The average molecular weight is 1960 g/mol. The van der Waals surface area contributed by atoms with Gasteiger partial charge in [0, 0.05) is 65.8 Å². The highest BCUT2D eigenvalue weighted by atomic mass is 79.9. The zero-order chi connectivity index (χ0) is 99.0. The third-order valence-electron chi connectivity index (χ3n) is 29.5. The first-order chi connectivity index (χ1) is 73.8. The van der Waals surface area contributed by atoms with Gasteiger partial charge in [0.05, 0.1) is 22.1 Å². The van der Waals surface area contributed by atoms with Crippen molar-refractivity contribution in [1.29, 1.82) is 0 Å². The lowest BCUT2D eigenvalue weighted by molar-refractivity contribution is 1.18. The number of rotatable bonds is 17. The first-order valence-corrected chi connectivity index (χ1v) is 51.8. The Kier molecular flexibility index (Phi) is 23.9. The Morgan fingerprint density at radius 1 is 0.154 bits per heavy atom. The number of halogens is 1. The van der Waals surface area contributed by atoms with Crippen molar-refractivity contribution in [2.45, 2.75) is 0 Å². The number of hydrogen-bond donors (Lipinski definition) is 1. The van der Waals surface area contributed by atoms with Crippen LogP contribution in [0.2, 0.25) is 0 Å². The second-order valence-electron chi connectivity index (χ2n) is 38.2. The summed E-state index contributed by atoms with van der Waals surface area (Å²) in [6, 6.07) is 211. The summed E-state index contributed by atoms with van der Waals surface area (Å²) < 4.78 is 5.87. The van der Waals surface area contributed by atoms with Gasteiger partial charge in [0.1, 0.15) is 0 Å². The summed E-state index contributed by atoms with van der Waals surface area (Å²) in [6.45, 7) is 0. The van der Waals surface area contributed by atoms with Crippen molar-refractivity contribution in [1.82, 2.24) is 9.13 Å². The van der Waals surface area contributed by atoms with E-state index in [1.807, 2.05) is 0 Å². The number of aromatic nitrogens is 2. The molecule has 149 heavy (non-hydrogen) atoms. The zero-order valence-corrected chi connectivity index (χ0v) is 83.2. The quantitative estimate of drug-likeness (QED) is 0.0919. The van der Waals surface area contributed by atoms with Crippen LogP contribution in [0.1, 0.15) is 0 Å². The number of nitrogens with one attached hydrogen (secondary N) is 1. The summed E-state index contributed by atoms with van der Waals surface area (Å²) in [5.41, 5.74) is 37.0. The SMILES string of the molecule is Brc1ccc(-c2c3ccccc3c(-c3ccccc3)c3ccccc23)cc1.c1ccc(-c2ccc3c(c2)c2cc(-c4ccc(N(c5ccc(-c6cccc7ccccc67)cc5)c5ccc(-c6c7ccccc7c(-c7ccccc7)c7ccccc67)cc5)cc4)ccc2n3-c2ccccc2)cc1.c1ccc(-c2ccc3c(c2)c2cc(-c4ccc(Nc5ccc(-c6cccc7ccccc67)cc5)cc4)ccc2n3-c2ccccc2)cc1. The van der Waals surface area contributed by atoms with Crippen LogP contribution in [0.25, 0.3) is 231 Å². The molecule has 0 saturated carbocycles. The van der Waals surface area contributed by atoms with Crippen LogP contribution in [0.3, 0.4) is 0 Å². The van der Waals surface area contributed by atoms with Crippen LogP contribution in [0.15, 0.2) is 587 Å². The fourth-order valence-electron chi connectivity index (χ4n) is 22.5. The molecule has 0 unspecified atom stereocenters. The number of nitrogens with zero attached hydrogens (tertiary/aromatic N) is 3. The molecule has 4 nitrogen and oxygen atoms in total. The van der Waals surface area contributed by atoms with Crippen LogP contribution in [-0.4, -0.2) is 9.13 Å². The smallest absolute Gasteiger partial charge is 0.0541 e. The van der Waals surface area contributed by atoms with E-state index in [0.29, 0.717) is 0 Å². The number of anilines is 5. The third kappa shape index (κ3) is 17.3. The van der Waals surface area contributed by atoms with Crippen LogP contribution >= 0.6 is 15.9 Å². The summed E-state index contributed by atoms with van der Waals surface area (Å²) in [4.78, 5) is 2.39. The molecule has 28 rings (SSSR count). The van der Waals surface area contributed by atoms with Crippen LogP contribution in [0.5, 0.6) is 0 Å². The second-order valence-corrected chi connectivity index (χ2v) is 39.1. The fourth-order valence-corrected chi connectivity index (χ4v) is 22.7. The van der Waals surface area contributed by atoms with E-state index in [4.69, 9.17) is 0 Å². The van der Waals surface area contributed by atoms with Gasteiger partial charge in [0.2, 0.25) is 0 Å². The Morgan fingerprint density at radius 2 is 0.369 bits per heavy atom. The van der Waals surface area contributed by atoms with Crippen molar-refractivity contribution in [3.63, 3.8) is 0 Å². The van der Waals surface area contributed by atoms with E-state index in [9.17, 15) is 0 Å². The molecule has 0 aliphatic carbocycles. The molecule has 2 heterocycles. The third-order valence-corrected chi connectivity index (χ3v) is 30.0. The van der Waals surface area contributed by atoms with Gasteiger partial charge in [-0.2, -0.15) is 0 Å². The van der Waals surface area contributed by atoms with Crippen LogP contribution in [0, 0.1) is 0 Å². The molecule has 28 aromatic rings. The minimum Gasteiger partial charge on any atom is -0.356 e. The highest BCUT2D eigenvalue weighted by Crippen LogP contribution is 2.50. The average Bonchev–Trinajstić information content (AvgIpc) is 0.826. The van der Waals surface area contributed by atoms with Crippen LogP contribution in [0.4, 0.5) is 28.4 Å². The molecule has 26 aromatic carbocycles. The van der Waals surface area contributed by atoms with Crippen LogP contribution in [-0.2, 0) is 0 Å². The first kappa shape index (κ1) is 90.0. The molecule has 0 bridgehead atoms. The number of benzene rings is 26. The Labute approximate surface area is 874 Å². The fraction of sp³-hybridized carbons (Fsp3) is 0. The van der Waals surface area contributed by atoms with Gasteiger partial charge in [-0.25, -0.2) is 0 Å². The monoisotopic (exact) mass is 1960 g/mol.